The van der Waals surface area contributed by atoms with Gasteiger partial charge in [-0.05, 0) is 54.6 Å². The summed E-state index contributed by atoms with van der Waals surface area (Å²) in [6.07, 6.45) is 1.49. The second-order valence-corrected chi connectivity index (χ2v) is 9.21. The van der Waals surface area contributed by atoms with Gasteiger partial charge >= 0.3 is 0 Å². The molecule has 1 saturated heterocycles. The predicted molar refractivity (Wildman–Crippen MR) is 127 cm³/mol. The molecule has 33 heavy (non-hydrogen) atoms. The summed E-state index contributed by atoms with van der Waals surface area (Å²) < 4.78 is 18.8. The van der Waals surface area contributed by atoms with E-state index in [9.17, 15) is 14.0 Å². The van der Waals surface area contributed by atoms with E-state index < -0.39 is 0 Å². The number of rotatable bonds is 7. The summed E-state index contributed by atoms with van der Waals surface area (Å²) in [6.45, 7) is 1.90. The molecule has 1 fully saturated rings. The number of hydrogen-bond donors (Lipinski definition) is 0. The summed E-state index contributed by atoms with van der Waals surface area (Å²) in [5, 5.41) is 2.00. The number of likely N-dealkylation sites (tertiary alicyclic amines) is 1. The Kier molecular flexibility index (Phi) is 7.40. The van der Waals surface area contributed by atoms with Crippen molar-refractivity contribution in [2.45, 2.75) is 25.9 Å². The number of amides is 2. The minimum atomic E-state index is -0.376. The summed E-state index contributed by atoms with van der Waals surface area (Å²) in [5.74, 6) is -0.0391. The van der Waals surface area contributed by atoms with Gasteiger partial charge in [0.2, 0.25) is 5.91 Å². The van der Waals surface area contributed by atoms with Crippen LogP contribution >= 0.6 is 11.3 Å². The molecule has 1 aliphatic heterocycles. The number of methoxy groups -OCH3 is 1. The Balaban J connectivity index is 1.52. The van der Waals surface area contributed by atoms with Gasteiger partial charge < -0.3 is 14.5 Å². The molecule has 172 valence electrons. The Morgan fingerprint density at radius 2 is 1.88 bits per heavy atom. The molecule has 1 aromatic heterocycles. The van der Waals surface area contributed by atoms with Crippen LogP contribution in [0.4, 0.5) is 4.39 Å². The lowest BCUT2D eigenvalue weighted by molar-refractivity contribution is -0.138. The summed E-state index contributed by atoms with van der Waals surface area (Å²) in [7, 11) is 1.63. The summed E-state index contributed by atoms with van der Waals surface area (Å²) in [6, 6.07) is 17.3. The van der Waals surface area contributed by atoms with E-state index in [2.05, 4.69) is 0 Å². The second-order valence-electron chi connectivity index (χ2n) is 8.18. The van der Waals surface area contributed by atoms with Crippen LogP contribution in [0.25, 0.3) is 0 Å². The fourth-order valence-electron chi connectivity index (χ4n) is 4.24. The lowest BCUT2D eigenvalue weighted by atomic mass is 9.95. The van der Waals surface area contributed by atoms with E-state index in [0.717, 1.165) is 29.0 Å². The Labute approximate surface area is 197 Å². The van der Waals surface area contributed by atoms with Crippen molar-refractivity contribution in [3.8, 4) is 5.75 Å². The SMILES string of the molecule is COc1ccccc1CN(Cc1cccs1)C(=O)C1CCCN(C(=O)c2ccc(F)cc2)C1. The van der Waals surface area contributed by atoms with E-state index in [0.29, 0.717) is 31.7 Å². The Hall–Kier alpha value is -3.19. The lowest BCUT2D eigenvalue weighted by Gasteiger charge is -2.35. The highest BCUT2D eigenvalue weighted by atomic mass is 32.1. The van der Waals surface area contributed by atoms with Crippen molar-refractivity contribution < 1.29 is 18.7 Å². The second kappa shape index (κ2) is 10.6. The highest BCUT2D eigenvalue weighted by Gasteiger charge is 2.32. The third-order valence-corrected chi connectivity index (χ3v) is 6.80. The Morgan fingerprint density at radius 1 is 1.09 bits per heavy atom. The van der Waals surface area contributed by atoms with Gasteiger partial charge in [-0.25, -0.2) is 4.39 Å². The van der Waals surface area contributed by atoms with Crippen LogP contribution in [0.1, 0.15) is 33.6 Å². The number of piperidine rings is 1. The molecule has 2 aromatic carbocycles. The molecular formula is C26H27FN2O3S. The predicted octanol–water partition coefficient (Wildman–Crippen LogP) is 4.98. The topological polar surface area (TPSA) is 49.9 Å². The zero-order chi connectivity index (χ0) is 23.2. The minimum absolute atomic E-state index is 0.0333. The van der Waals surface area contributed by atoms with Gasteiger partial charge in [-0.3, -0.25) is 9.59 Å². The van der Waals surface area contributed by atoms with Crippen molar-refractivity contribution >= 4 is 23.2 Å². The van der Waals surface area contributed by atoms with Crippen LogP contribution in [0.3, 0.4) is 0 Å². The molecular weight excluding hydrogens is 439 g/mol. The Morgan fingerprint density at radius 3 is 2.61 bits per heavy atom. The summed E-state index contributed by atoms with van der Waals surface area (Å²) >= 11 is 1.62. The molecule has 1 aliphatic rings. The van der Waals surface area contributed by atoms with E-state index >= 15 is 0 Å². The van der Waals surface area contributed by atoms with Crippen molar-refractivity contribution in [1.82, 2.24) is 9.80 Å². The summed E-state index contributed by atoms with van der Waals surface area (Å²) in [5.41, 5.74) is 1.38. The molecule has 1 unspecified atom stereocenters. The van der Waals surface area contributed by atoms with Crippen molar-refractivity contribution in [2.75, 3.05) is 20.2 Å². The van der Waals surface area contributed by atoms with E-state index in [1.807, 2.05) is 46.7 Å². The third-order valence-electron chi connectivity index (χ3n) is 5.94. The lowest BCUT2D eigenvalue weighted by Crippen LogP contribution is -2.46. The first kappa shape index (κ1) is 23.0. The highest BCUT2D eigenvalue weighted by molar-refractivity contribution is 7.09. The van der Waals surface area contributed by atoms with Gasteiger partial charge in [-0.2, -0.15) is 0 Å². The molecule has 2 amide bonds. The molecule has 0 N–H and O–H groups in total. The smallest absolute Gasteiger partial charge is 0.253 e. The Bertz CT molecular complexity index is 1090. The van der Waals surface area contributed by atoms with Gasteiger partial charge in [-0.1, -0.05) is 24.3 Å². The maximum Gasteiger partial charge on any atom is 0.253 e. The maximum atomic E-state index is 13.7. The number of benzene rings is 2. The van der Waals surface area contributed by atoms with Crippen molar-refractivity contribution in [3.05, 3.63) is 87.9 Å². The highest BCUT2D eigenvalue weighted by Crippen LogP contribution is 2.26. The van der Waals surface area contributed by atoms with Crippen LogP contribution in [0.5, 0.6) is 5.75 Å². The molecule has 3 aromatic rings. The fraction of sp³-hybridized carbons (Fsp3) is 0.308. The molecule has 0 spiro atoms. The largest absolute Gasteiger partial charge is 0.496 e. The van der Waals surface area contributed by atoms with Crippen LogP contribution in [0.15, 0.2) is 66.0 Å². The van der Waals surface area contributed by atoms with Crippen LogP contribution < -0.4 is 4.74 Å². The number of carbonyl (C=O) groups is 2. The fourth-order valence-corrected chi connectivity index (χ4v) is 4.96. The minimum Gasteiger partial charge on any atom is -0.496 e. The number of ether oxygens (including phenoxy) is 1. The molecule has 2 heterocycles. The number of hydrogen-bond acceptors (Lipinski definition) is 4. The number of nitrogens with zero attached hydrogens (tertiary/aromatic N) is 2. The first-order valence-corrected chi connectivity index (χ1v) is 11.9. The molecule has 0 bridgehead atoms. The van der Waals surface area contributed by atoms with Crippen molar-refractivity contribution in [3.63, 3.8) is 0 Å². The van der Waals surface area contributed by atoms with E-state index in [1.165, 1.54) is 24.3 Å². The molecule has 0 radical (unpaired) electrons. The zero-order valence-corrected chi connectivity index (χ0v) is 19.4. The van der Waals surface area contributed by atoms with Gasteiger partial charge in [0, 0.05) is 35.6 Å². The molecule has 5 nitrogen and oxygen atoms in total. The molecule has 0 aliphatic carbocycles. The van der Waals surface area contributed by atoms with E-state index in [4.69, 9.17) is 4.74 Å². The van der Waals surface area contributed by atoms with E-state index in [1.54, 1.807) is 23.3 Å². The summed E-state index contributed by atoms with van der Waals surface area (Å²) in [4.78, 5) is 31.3. The monoisotopic (exact) mass is 466 g/mol. The van der Waals surface area contributed by atoms with Gasteiger partial charge in [0.15, 0.2) is 0 Å². The first-order valence-electron chi connectivity index (χ1n) is 11.0. The number of halogens is 1. The van der Waals surface area contributed by atoms with Gasteiger partial charge in [-0.15, -0.1) is 11.3 Å². The quantitative estimate of drug-likeness (QED) is 0.494. The van der Waals surface area contributed by atoms with Gasteiger partial charge in [0.1, 0.15) is 11.6 Å². The van der Waals surface area contributed by atoms with Gasteiger partial charge in [0.25, 0.3) is 5.91 Å². The zero-order valence-electron chi connectivity index (χ0n) is 18.6. The van der Waals surface area contributed by atoms with Crippen molar-refractivity contribution in [1.29, 1.82) is 0 Å². The molecule has 0 saturated carbocycles. The average Bonchev–Trinajstić information content (AvgIpc) is 3.37. The average molecular weight is 467 g/mol. The number of carbonyl (C=O) groups excluding carboxylic acids is 2. The first-order chi connectivity index (χ1) is 16.0. The normalized spacial score (nSPS) is 15.8. The van der Waals surface area contributed by atoms with Gasteiger partial charge in [0.05, 0.1) is 19.6 Å². The number of thiophene rings is 1. The molecule has 7 heteroatoms. The third kappa shape index (κ3) is 5.60. The van der Waals surface area contributed by atoms with Crippen LogP contribution in [0, 0.1) is 11.7 Å². The van der Waals surface area contributed by atoms with Crippen LogP contribution in [0.2, 0.25) is 0 Å². The van der Waals surface area contributed by atoms with Crippen molar-refractivity contribution in [2.24, 2.45) is 5.92 Å². The van der Waals surface area contributed by atoms with E-state index in [-0.39, 0.29) is 23.5 Å². The van der Waals surface area contributed by atoms with Crippen LogP contribution in [-0.4, -0.2) is 41.8 Å². The maximum absolute atomic E-state index is 13.7. The molecule has 1 atom stereocenters. The molecule has 4 rings (SSSR count). The standard InChI is InChI=1S/C26H27FN2O3S/c1-32-24-9-3-2-6-20(24)16-29(18-23-8-5-15-33-23)26(31)21-7-4-14-28(17-21)25(30)19-10-12-22(27)13-11-19/h2-3,5-6,8-13,15,21H,4,7,14,16-18H2,1H3. The van der Waals surface area contributed by atoms with Crippen LogP contribution in [-0.2, 0) is 17.9 Å². The number of para-hydroxylation sites is 1.